The van der Waals surface area contributed by atoms with Gasteiger partial charge in [-0.2, -0.15) is 0 Å². The zero-order chi connectivity index (χ0) is 29.0. The van der Waals surface area contributed by atoms with Gasteiger partial charge in [0, 0.05) is 0 Å². The third-order valence-corrected chi connectivity index (χ3v) is 8.25. The molecule has 41 heavy (non-hydrogen) atoms. The topological polar surface area (TPSA) is 44.8 Å². The van der Waals surface area contributed by atoms with Crippen molar-refractivity contribution in [3.05, 3.63) is 66.2 Å². The van der Waals surface area contributed by atoms with E-state index in [0.29, 0.717) is 30.4 Å². The molecule has 0 aliphatic heterocycles. The van der Waals surface area contributed by atoms with E-state index in [1.54, 1.807) is 24.3 Å². The van der Waals surface area contributed by atoms with Gasteiger partial charge in [-0.25, -0.2) is 4.79 Å². The Morgan fingerprint density at radius 2 is 1.24 bits per heavy atom. The molecule has 0 amide bonds. The van der Waals surface area contributed by atoms with Crippen molar-refractivity contribution in [2.45, 2.75) is 117 Å². The molecule has 226 valence electrons. The largest absolute Gasteiger partial charge is 0.494 e. The zero-order valence-electron chi connectivity index (χ0n) is 25.8. The van der Waals surface area contributed by atoms with Crippen molar-refractivity contribution in [2.75, 3.05) is 13.2 Å². The highest BCUT2D eigenvalue weighted by atomic mass is 16.5. The van der Waals surface area contributed by atoms with Gasteiger partial charge in [-0.15, -0.1) is 0 Å². The highest BCUT2D eigenvalue weighted by Gasteiger charge is 2.18. The molecule has 0 radical (unpaired) electrons. The molecule has 1 aliphatic carbocycles. The number of esters is 1. The van der Waals surface area contributed by atoms with E-state index in [9.17, 15) is 4.79 Å². The van der Waals surface area contributed by atoms with Crippen molar-refractivity contribution in [2.24, 2.45) is 11.8 Å². The van der Waals surface area contributed by atoms with E-state index in [2.05, 4.69) is 26.0 Å². The minimum absolute atomic E-state index is 0.378. The number of carbonyl (C=O) groups excluding carboxylic acids is 1. The van der Waals surface area contributed by atoms with Crippen LogP contribution in [0.2, 0.25) is 0 Å². The first-order chi connectivity index (χ1) is 20.2. The predicted octanol–water partition coefficient (Wildman–Crippen LogP) is 10.7. The first-order valence-electron chi connectivity index (χ1n) is 16.5. The van der Waals surface area contributed by atoms with Gasteiger partial charge in [0.25, 0.3) is 0 Å². The molecule has 1 fully saturated rings. The molecule has 2 aromatic rings. The molecule has 0 saturated heterocycles. The first-order valence-corrected chi connectivity index (χ1v) is 16.5. The smallest absolute Gasteiger partial charge is 0.343 e. The molecule has 4 nitrogen and oxygen atoms in total. The Bertz CT molecular complexity index is 971. The second-order valence-electron chi connectivity index (χ2n) is 11.7. The molecule has 0 unspecified atom stereocenters. The van der Waals surface area contributed by atoms with Crippen LogP contribution in [-0.4, -0.2) is 19.2 Å². The standard InChI is InChI=1S/C37H54O4/c1-3-5-7-8-9-10-11-13-29-39-34-23-21-33(22-24-34)37(38)41-36-27-25-35(26-28-36)40-30-14-16-32-19-17-31(18-20-32)15-12-6-4-2/h14,16,21-28,31-32H,3-13,15,17-20,29-30H2,1-2H3/b16-14+/t31-,32-. The average molecular weight is 563 g/mol. The molecular weight excluding hydrogens is 508 g/mol. The van der Waals surface area contributed by atoms with E-state index in [4.69, 9.17) is 14.2 Å². The van der Waals surface area contributed by atoms with E-state index >= 15 is 0 Å². The highest BCUT2D eigenvalue weighted by Crippen LogP contribution is 2.32. The van der Waals surface area contributed by atoms with E-state index in [1.165, 1.54) is 96.3 Å². The second kappa shape index (κ2) is 20.2. The van der Waals surface area contributed by atoms with Crippen LogP contribution in [0.4, 0.5) is 0 Å². The van der Waals surface area contributed by atoms with Crippen molar-refractivity contribution in [3.8, 4) is 17.2 Å². The maximum atomic E-state index is 12.6. The summed E-state index contributed by atoms with van der Waals surface area (Å²) in [5.74, 6) is 3.32. The van der Waals surface area contributed by atoms with Crippen LogP contribution < -0.4 is 14.2 Å². The average Bonchev–Trinajstić information content (AvgIpc) is 3.00. The molecular formula is C37H54O4. The number of carbonyl (C=O) groups is 1. The van der Waals surface area contributed by atoms with Crippen LogP contribution in [0.15, 0.2) is 60.7 Å². The zero-order valence-corrected chi connectivity index (χ0v) is 25.8. The molecule has 0 N–H and O–H groups in total. The maximum absolute atomic E-state index is 12.6. The van der Waals surface area contributed by atoms with Gasteiger partial charge >= 0.3 is 5.97 Å². The summed E-state index contributed by atoms with van der Waals surface area (Å²) in [5.41, 5.74) is 0.505. The third-order valence-electron chi connectivity index (χ3n) is 8.25. The van der Waals surface area contributed by atoms with Crippen LogP contribution >= 0.6 is 0 Å². The van der Waals surface area contributed by atoms with Gasteiger partial charge in [-0.05, 0) is 92.5 Å². The van der Waals surface area contributed by atoms with Crippen molar-refractivity contribution < 1.29 is 19.0 Å². The Morgan fingerprint density at radius 3 is 1.93 bits per heavy atom. The van der Waals surface area contributed by atoms with Gasteiger partial charge in [0.2, 0.25) is 0 Å². The summed E-state index contributed by atoms with van der Waals surface area (Å²) in [6, 6.07) is 14.4. The lowest BCUT2D eigenvalue weighted by atomic mass is 9.79. The van der Waals surface area contributed by atoms with E-state index in [1.807, 2.05) is 24.3 Å². The SMILES string of the molecule is CCCCCCCCCCOc1ccc(C(=O)Oc2ccc(OC/C=C/[C@H]3CC[C@H](CCCCC)CC3)cc2)cc1. The molecule has 0 heterocycles. The molecule has 3 rings (SSSR count). The van der Waals surface area contributed by atoms with Crippen LogP contribution in [0.1, 0.15) is 127 Å². The number of allylic oxidation sites excluding steroid dienone is 1. The molecule has 0 aromatic heterocycles. The van der Waals surface area contributed by atoms with Gasteiger partial charge in [0.15, 0.2) is 0 Å². The molecule has 2 aromatic carbocycles. The number of unbranched alkanes of at least 4 members (excludes halogenated alkanes) is 9. The Kier molecular flexibility index (Phi) is 16.1. The summed E-state index contributed by atoms with van der Waals surface area (Å²) in [7, 11) is 0. The highest BCUT2D eigenvalue weighted by molar-refractivity contribution is 5.91. The normalized spacial score (nSPS) is 17.0. The fourth-order valence-corrected chi connectivity index (χ4v) is 5.63. The molecule has 1 saturated carbocycles. The van der Waals surface area contributed by atoms with Gasteiger partial charge in [0.1, 0.15) is 23.9 Å². The number of benzene rings is 2. The van der Waals surface area contributed by atoms with Crippen molar-refractivity contribution in [1.82, 2.24) is 0 Å². The minimum atomic E-state index is -0.378. The van der Waals surface area contributed by atoms with Crippen LogP contribution in [0.5, 0.6) is 17.2 Å². The van der Waals surface area contributed by atoms with Gasteiger partial charge in [-0.3, -0.25) is 0 Å². The number of hydrogen-bond donors (Lipinski definition) is 0. The van der Waals surface area contributed by atoms with E-state index in [-0.39, 0.29) is 5.97 Å². The summed E-state index contributed by atoms with van der Waals surface area (Å²) < 4.78 is 17.3. The fraction of sp³-hybridized carbons (Fsp3) is 0.595. The molecule has 0 atom stereocenters. The van der Waals surface area contributed by atoms with Crippen molar-refractivity contribution in [3.63, 3.8) is 0 Å². The number of ether oxygens (including phenoxy) is 3. The van der Waals surface area contributed by atoms with Crippen LogP contribution in [-0.2, 0) is 0 Å². The Balaban J connectivity index is 1.28. The summed E-state index contributed by atoms with van der Waals surface area (Å²) in [4.78, 5) is 12.6. The predicted molar refractivity (Wildman–Crippen MR) is 170 cm³/mol. The molecule has 0 bridgehead atoms. The first kappa shape index (κ1) is 32.8. The summed E-state index contributed by atoms with van der Waals surface area (Å²) in [6.07, 6.45) is 25.6. The van der Waals surface area contributed by atoms with Crippen LogP contribution in [0, 0.1) is 11.8 Å². The lowest BCUT2D eigenvalue weighted by Crippen LogP contribution is -2.13. The Labute approximate surface area is 249 Å². The van der Waals surface area contributed by atoms with Crippen LogP contribution in [0.3, 0.4) is 0 Å². The van der Waals surface area contributed by atoms with Crippen LogP contribution in [0.25, 0.3) is 0 Å². The second-order valence-corrected chi connectivity index (χ2v) is 11.7. The summed E-state index contributed by atoms with van der Waals surface area (Å²) in [5, 5.41) is 0. The fourth-order valence-electron chi connectivity index (χ4n) is 5.63. The van der Waals surface area contributed by atoms with Gasteiger partial charge in [0.05, 0.1) is 12.2 Å². The van der Waals surface area contributed by atoms with E-state index in [0.717, 1.165) is 23.8 Å². The lowest BCUT2D eigenvalue weighted by Gasteiger charge is -2.26. The van der Waals surface area contributed by atoms with E-state index < -0.39 is 0 Å². The maximum Gasteiger partial charge on any atom is 0.343 e. The Hall–Kier alpha value is -2.75. The number of hydrogen-bond acceptors (Lipinski definition) is 4. The Morgan fingerprint density at radius 1 is 0.683 bits per heavy atom. The lowest BCUT2D eigenvalue weighted by molar-refractivity contribution is 0.0734. The molecule has 0 spiro atoms. The molecule has 1 aliphatic rings. The molecule has 4 heteroatoms. The quantitative estimate of drug-likeness (QED) is 0.0697. The third kappa shape index (κ3) is 13.6. The van der Waals surface area contributed by atoms with Gasteiger partial charge in [-0.1, -0.05) is 96.6 Å². The van der Waals surface area contributed by atoms with Gasteiger partial charge < -0.3 is 14.2 Å². The summed E-state index contributed by atoms with van der Waals surface area (Å²) in [6.45, 7) is 5.80. The monoisotopic (exact) mass is 562 g/mol. The minimum Gasteiger partial charge on any atom is -0.494 e. The summed E-state index contributed by atoms with van der Waals surface area (Å²) >= 11 is 0. The number of rotatable bonds is 20. The van der Waals surface area contributed by atoms with Crippen molar-refractivity contribution in [1.29, 1.82) is 0 Å². The van der Waals surface area contributed by atoms with Crippen molar-refractivity contribution >= 4 is 5.97 Å².